The van der Waals surface area contributed by atoms with Crippen molar-refractivity contribution >= 4 is 118 Å². The molecule has 0 fully saturated rings. The molecule has 2 nitrogen and oxygen atoms in total. The Kier molecular flexibility index (Phi) is 5.91. The summed E-state index contributed by atoms with van der Waals surface area (Å²) in [7, 11) is 0. The molecule has 4 heteroatoms. The number of fused-ring (bicyclic) bond motifs is 14. The Hall–Kier alpha value is -5.16. The van der Waals surface area contributed by atoms with Crippen molar-refractivity contribution in [3.8, 4) is 22.6 Å². The normalized spacial score (nSPS) is 12.1. The van der Waals surface area contributed by atoms with E-state index in [1.807, 2.05) is 36.4 Å². The van der Waals surface area contributed by atoms with Crippen LogP contribution in [0.3, 0.4) is 0 Å². The molecule has 0 bridgehead atoms. The van der Waals surface area contributed by atoms with Crippen LogP contribution >= 0.6 is 31.9 Å². The van der Waals surface area contributed by atoms with Gasteiger partial charge in [0, 0.05) is 41.6 Å². The minimum absolute atomic E-state index is 0.151. The SMILES string of the molecule is Oc1c(-c2c(O)c3ccccc3c3cc(Br)c4ccc5ccccc5c4c23)c2c(cc(Br)c3ccc4ccccc4c32)c2ccccc12. The third kappa shape index (κ3) is 3.67. The van der Waals surface area contributed by atoms with Crippen LogP contribution in [-0.2, 0) is 0 Å². The Morgan fingerprint density at radius 2 is 0.667 bits per heavy atom. The predicted molar refractivity (Wildman–Crippen MR) is 211 cm³/mol. The number of hydrogen-bond donors (Lipinski definition) is 2. The third-order valence-corrected chi connectivity index (χ3v) is 11.4. The Labute approximate surface area is 291 Å². The standard InChI is InChI=1S/C44H24Br2O2/c45-35-21-33-27-13-5-7-15-29(27)43(47)41(39(33)37-25-11-3-1-9-23(25)17-19-31(35)37)42-40-34(28-14-6-8-16-30(28)44(42)48)22-36(46)32-20-18-24-10-2-4-12-26(24)38(32)40/h1-22,47-48H. The molecule has 2 N–H and O–H groups in total. The summed E-state index contributed by atoms with van der Waals surface area (Å²) in [5.74, 6) is 0.302. The molecule has 10 aromatic carbocycles. The van der Waals surface area contributed by atoms with Crippen LogP contribution in [0.5, 0.6) is 11.5 Å². The van der Waals surface area contributed by atoms with E-state index in [1.54, 1.807) is 0 Å². The molecule has 48 heavy (non-hydrogen) atoms. The van der Waals surface area contributed by atoms with E-state index in [-0.39, 0.29) is 11.5 Å². The van der Waals surface area contributed by atoms with Gasteiger partial charge in [0.15, 0.2) is 0 Å². The topological polar surface area (TPSA) is 40.5 Å². The van der Waals surface area contributed by atoms with E-state index in [4.69, 9.17) is 0 Å². The molecule has 0 aliphatic rings. The smallest absolute Gasteiger partial charge is 0.132 e. The molecule has 226 valence electrons. The van der Waals surface area contributed by atoms with Crippen molar-refractivity contribution in [2.45, 2.75) is 0 Å². The lowest BCUT2D eigenvalue weighted by molar-refractivity contribution is 0.476. The molecule has 0 spiro atoms. The van der Waals surface area contributed by atoms with Gasteiger partial charge in [-0.2, -0.15) is 0 Å². The largest absolute Gasteiger partial charge is 0.507 e. The average Bonchev–Trinajstić information content (AvgIpc) is 3.13. The summed E-state index contributed by atoms with van der Waals surface area (Å²) >= 11 is 7.85. The summed E-state index contributed by atoms with van der Waals surface area (Å²) in [6.07, 6.45) is 0. The van der Waals surface area contributed by atoms with Crippen LogP contribution in [0.25, 0.3) is 97.3 Å². The van der Waals surface area contributed by atoms with Crippen LogP contribution in [-0.4, -0.2) is 10.2 Å². The molecule has 0 aliphatic heterocycles. The fourth-order valence-electron chi connectivity index (χ4n) is 8.09. The fourth-order valence-corrected chi connectivity index (χ4v) is 9.21. The van der Waals surface area contributed by atoms with E-state index in [2.05, 4.69) is 129 Å². The molecule has 0 unspecified atom stereocenters. The van der Waals surface area contributed by atoms with Gasteiger partial charge in [0.25, 0.3) is 0 Å². The van der Waals surface area contributed by atoms with Gasteiger partial charge in [0.05, 0.1) is 0 Å². The van der Waals surface area contributed by atoms with Crippen LogP contribution in [0.15, 0.2) is 142 Å². The van der Waals surface area contributed by atoms with Crippen molar-refractivity contribution in [3.05, 3.63) is 142 Å². The van der Waals surface area contributed by atoms with Crippen LogP contribution in [0, 0.1) is 0 Å². The highest BCUT2D eigenvalue weighted by molar-refractivity contribution is 9.11. The Morgan fingerprint density at radius 3 is 1.08 bits per heavy atom. The van der Waals surface area contributed by atoms with Crippen molar-refractivity contribution in [1.29, 1.82) is 0 Å². The Bertz CT molecular complexity index is 2840. The zero-order valence-electron chi connectivity index (χ0n) is 25.4. The van der Waals surface area contributed by atoms with E-state index >= 15 is 0 Å². The number of phenolic OH excluding ortho intramolecular Hbond substituents is 2. The zero-order valence-corrected chi connectivity index (χ0v) is 28.5. The monoisotopic (exact) mass is 742 g/mol. The first-order chi connectivity index (χ1) is 23.5. The third-order valence-electron chi connectivity index (χ3n) is 10.1. The van der Waals surface area contributed by atoms with Crippen molar-refractivity contribution in [2.75, 3.05) is 0 Å². The minimum atomic E-state index is 0.151. The molecule has 0 aliphatic carbocycles. The van der Waals surface area contributed by atoms with E-state index in [0.717, 1.165) is 95.1 Å². The molecular weight excluding hydrogens is 720 g/mol. The molecule has 0 atom stereocenters. The lowest BCUT2D eigenvalue weighted by atomic mass is 9.82. The number of phenols is 2. The molecule has 0 heterocycles. The predicted octanol–water partition coefficient (Wildman–Crippen LogP) is 13.5. The van der Waals surface area contributed by atoms with Crippen molar-refractivity contribution in [3.63, 3.8) is 0 Å². The second-order valence-electron chi connectivity index (χ2n) is 12.5. The molecular formula is C44H24Br2O2. The number of aromatic hydroxyl groups is 2. The van der Waals surface area contributed by atoms with Crippen LogP contribution in [0.1, 0.15) is 0 Å². The summed E-state index contributed by atoms with van der Waals surface area (Å²) in [4.78, 5) is 0. The molecule has 0 saturated carbocycles. The molecule has 0 aromatic heterocycles. The summed E-state index contributed by atoms with van der Waals surface area (Å²) in [5.41, 5.74) is 1.25. The molecule has 10 aromatic rings. The lowest BCUT2D eigenvalue weighted by Crippen LogP contribution is -1.94. The van der Waals surface area contributed by atoms with Crippen molar-refractivity contribution < 1.29 is 10.2 Å². The molecule has 0 amide bonds. The van der Waals surface area contributed by atoms with Gasteiger partial charge in [-0.25, -0.2) is 0 Å². The maximum atomic E-state index is 12.7. The minimum Gasteiger partial charge on any atom is -0.507 e. The van der Waals surface area contributed by atoms with E-state index < -0.39 is 0 Å². The highest BCUT2D eigenvalue weighted by atomic mass is 79.9. The number of benzene rings is 10. The highest BCUT2D eigenvalue weighted by Crippen LogP contribution is 2.56. The van der Waals surface area contributed by atoms with Gasteiger partial charge in [-0.05, 0) is 76.8 Å². The van der Waals surface area contributed by atoms with Gasteiger partial charge in [0.2, 0.25) is 0 Å². The van der Waals surface area contributed by atoms with Crippen molar-refractivity contribution in [1.82, 2.24) is 0 Å². The first-order valence-electron chi connectivity index (χ1n) is 15.9. The van der Waals surface area contributed by atoms with Crippen LogP contribution in [0.2, 0.25) is 0 Å². The maximum Gasteiger partial charge on any atom is 0.132 e. The van der Waals surface area contributed by atoms with E-state index in [1.165, 1.54) is 0 Å². The molecule has 10 rings (SSSR count). The van der Waals surface area contributed by atoms with Gasteiger partial charge in [-0.1, -0.05) is 153 Å². The quantitative estimate of drug-likeness (QED) is 0.164. The van der Waals surface area contributed by atoms with Gasteiger partial charge in [-0.15, -0.1) is 0 Å². The van der Waals surface area contributed by atoms with Crippen LogP contribution < -0.4 is 0 Å². The number of rotatable bonds is 1. The summed E-state index contributed by atoms with van der Waals surface area (Å²) in [6.45, 7) is 0. The fraction of sp³-hybridized carbons (Fsp3) is 0. The van der Waals surface area contributed by atoms with Gasteiger partial charge in [0.1, 0.15) is 11.5 Å². The summed E-state index contributed by atoms with van der Waals surface area (Å²) in [6, 6.07) is 45.8. The second-order valence-corrected chi connectivity index (χ2v) is 14.2. The van der Waals surface area contributed by atoms with Gasteiger partial charge < -0.3 is 10.2 Å². The second kappa shape index (κ2) is 10.2. The first-order valence-corrected chi connectivity index (χ1v) is 17.4. The molecule has 0 saturated heterocycles. The van der Waals surface area contributed by atoms with E-state index in [0.29, 0.717) is 11.1 Å². The van der Waals surface area contributed by atoms with Gasteiger partial charge in [-0.3, -0.25) is 0 Å². The van der Waals surface area contributed by atoms with E-state index in [9.17, 15) is 10.2 Å². The lowest BCUT2D eigenvalue weighted by Gasteiger charge is -2.22. The van der Waals surface area contributed by atoms with Crippen molar-refractivity contribution in [2.24, 2.45) is 0 Å². The highest BCUT2D eigenvalue weighted by Gasteiger charge is 2.27. The summed E-state index contributed by atoms with van der Waals surface area (Å²) in [5, 5.41) is 41.0. The first kappa shape index (κ1) is 27.9. The average molecular weight is 744 g/mol. The molecule has 0 radical (unpaired) electrons. The summed E-state index contributed by atoms with van der Waals surface area (Å²) < 4.78 is 1.95. The van der Waals surface area contributed by atoms with Crippen LogP contribution in [0.4, 0.5) is 0 Å². The Balaban J connectivity index is 1.60. The zero-order chi connectivity index (χ0) is 32.3. The Morgan fingerprint density at radius 1 is 0.312 bits per heavy atom. The number of halogens is 2. The number of hydrogen-bond acceptors (Lipinski definition) is 2. The maximum absolute atomic E-state index is 12.7. The van der Waals surface area contributed by atoms with Gasteiger partial charge >= 0.3 is 0 Å².